The van der Waals surface area contributed by atoms with E-state index in [0.29, 0.717) is 18.1 Å². The molecular weight excluding hydrogens is 272 g/mol. The summed E-state index contributed by atoms with van der Waals surface area (Å²) in [5, 5.41) is 0. The first-order valence-electron chi connectivity index (χ1n) is 6.12. The number of hydrogen-bond acceptors (Lipinski definition) is 4. The van der Waals surface area contributed by atoms with Crippen molar-refractivity contribution in [2.24, 2.45) is 0 Å². The molecule has 1 aromatic carbocycles. The fourth-order valence-corrected chi connectivity index (χ4v) is 2.29. The van der Waals surface area contributed by atoms with Crippen LogP contribution in [0.2, 0.25) is 0 Å². The summed E-state index contributed by atoms with van der Waals surface area (Å²) in [4.78, 5) is 12.0. The maximum absolute atomic E-state index is 11.2. The van der Waals surface area contributed by atoms with E-state index in [0.717, 1.165) is 10.6 Å². The molecule has 0 bridgehead atoms. The van der Waals surface area contributed by atoms with Crippen molar-refractivity contribution in [3.63, 3.8) is 0 Å². The lowest BCUT2D eigenvalue weighted by Gasteiger charge is -1.99. The average molecular weight is 286 g/mol. The van der Waals surface area contributed by atoms with Crippen molar-refractivity contribution in [2.75, 3.05) is 12.4 Å². The summed E-state index contributed by atoms with van der Waals surface area (Å²) in [6.45, 7) is 2.12. The minimum atomic E-state index is -0.326. The van der Waals surface area contributed by atoms with Crippen LogP contribution >= 0.6 is 11.8 Å². The van der Waals surface area contributed by atoms with Gasteiger partial charge in [-0.25, -0.2) is 4.79 Å². The summed E-state index contributed by atoms with van der Waals surface area (Å²) in [6, 6.07) is 12.9. The molecule has 0 amide bonds. The summed E-state index contributed by atoms with van der Waals surface area (Å²) >= 11 is 1.51. The quantitative estimate of drug-likeness (QED) is 0.639. The second-order valence-electron chi connectivity index (χ2n) is 3.97. The fourth-order valence-electron chi connectivity index (χ4n) is 1.52. The van der Waals surface area contributed by atoms with Gasteiger partial charge in [-0.15, -0.1) is 11.8 Å². The van der Waals surface area contributed by atoms with Gasteiger partial charge in [-0.05, 0) is 25.1 Å². The number of rotatable bonds is 4. The standard InChI is InChI=1S/C16H14O3S/c1-13-11-15(12-16(17)19-13)20-10-6-5-9-18-14-7-3-2-4-8-14/h2-4,7-8,11-12H,9-10H2,1H3. The third-order valence-corrected chi connectivity index (χ3v) is 3.22. The highest BCUT2D eigenvalue weighted by Crippen LogP contribution is 2.16. The lowest BCUT2D eigenvalue weighted by molar-refractivity contribution is 0.370. The topological polar surface area (TPSA) is 39.4 Å². The fraction of sp³-hybridized carbons (Fsp3) is 0.188. The van der Waals surface area contributed by atoms with Gasteiger partial charge in [-0.1, -0.05) is 30.0 Å². The monoisotopic (exact) mass is 286 g/mol. The first-order chi connectivity index (χ1) is 9.74. The van der Waals surface area contributed by atoms with E-state index < -0.39 is 0 Å². The Balaban J connectivity index is 1.76. The van der Waals surface area contributed by atoms with Gasteiger partial charge in [0.2, 0.25) is 0 Å². The third-order valence-electron chi connectivity index (χ3n) is 2.36. The summed E-state index contributed by atoms with van der Waals surface area (Å²) in [5.41, 5.74) is -0.326. The molecule has 0 aliphatic heterocycles. The van der Waals surface area contributed by atoms with Crippen LogP contribution < -0.4 is 10.4 Å². The molecule has 0 saturated carbocycles. The molecule has 0 N–H and O–H groups in total. The maximum atomic E-state index is 11.2. The predicted molar refractivity (Wildman–Crippen MR) is 80.2 cm³/mol. The number of aryl methyl sites for hydroxylation is 1. The molecule has 0 spiro atoms. The minimum absolute atomic E-state index is 0.326. The number of ether oxygens (including phenoxy) is 1. The number of benzene rings is 1. The lowest BCUT2D eigenvalue weighted by atomic mass is 10.3. The van der Waals surface area contributed by atoms with Crippen LogP contribution in [0.1, 0.15) is 5.76 Å². The lowest BCUT2D eigenvalue weighted by Crippen LogP contribution is -1.97. The molecule has 1 heterocycles. The summed E-state index contributed by atoms with van der Waals surface area (Å²) < 4.78 is 10.3. The van der Waals surface area contributed by atoms with E-state index in [1.54, 1.807) is 6.92 Å². The van der Waals surface area contributed by atoms with Crippen LogP contribution in [-0.4, -0.2) is 12.4 Å². The van der Waals surface area contributed by atoms with Crippen LogP contribution in [0.15, 0.2) is 56.6 Å². The zero-order valence-corrected chi connectivity index (χ0v) is 11.9. The highest BCUT2D eigenvalue weighted by atomic mass is 32.2. The largest absolute Gasteiger partial charge is 0.481 e. The Morgan fingerprint density at radius 1 is 1.20 bits per heavy atom. The number of thioether (sulfide) groups is 1. The van der Waals surface area contributed by atoms with Crippen molar-refractivity contribution in [3.05, 3.63) is 58.6 Å². The minimum Gasteiger partial charge on any atom is -0.481 e. The van der Waals surface area contributed by atoms with Gasteiger partial charge in [0.05, 0.1) is 5.75 Å². The molecule has 0 fully saturated rings. The van der Waals surface area contributed by atoms with Crippen LogP contribution in [0, 0.1) is 18.8 Å². The maximum Gasteiger partial charge on any atom is 0.336 e. The van der Waals surface area contributed by atoms with Gasteiger partial charge in [0.15, 0.2) is 0 Å². The molecule has 0 unspecified atom stereocenters. The first kappa shape index (κ1) is 14.3. The van der Waals surface area contributed by atoms with Crippen molar-refractivity contribution < 1.29 is 9.15 Å². The van der Waals surface area contributed by atoms with E-state index >= 15 is 0 Å². The van der Waals surface area contributed by atoms with Gasteiger partial charge in [-0.3, -0.25) is 0 Å². The molecular formula is C16H14O3S. The Labute approximate surface area is 122 Å². The second-order valence-corrected chi connectivity index (χ2v) is 5.02. The van der Waals surface area contributed by atoms with Gasteiger partial charge in [0.25, 0.3) is 0 Å². The smallest absolute Gasteiger partial charge is 0.336 e. The molecule has 1 aromatic heterocycles. The van der Waals surface area contributed by atoms with Crippen molar-refractivity contribution in [1.82, 2.24) is 0 Å². The van der Waals surface area contributed by atoms with Crippen LogP contribution in [0.25, 0.3) is 0 Å². The van der Waals surface area contributed by atoms with E-state index in [1.165, 1.54) is 17.8 Å². The molecule has 4 heteroatoms. The van der Waals surface area contributed by atoms with Crippen molar-refractivity contribution in [1.29, 1.82) is 0 Å². The number of para-hydroxylation sites is 1. The zero-order valence-electron chi connectivity index (χ0n) is 11.1. The summed E-state index contributed by atoms with van der Waals surface area (Å²) in [5.74, 6) is 7.97. The van der Waals surface area contributed by atoms with Crippen molar-refractivity contribution in [3.8, 4) is 17.6 Å². The average Bonchev–Trinajstić information content (AvgIpc) is 2.43. The SMILES string of the molecule is Cc1cc(SCC#CCOc2ccccc2)cc(=O)o1. The normalized spacial score (nSPS) is 9.65. The molecule has 20 heavy (non-hydrogen) atoms. The van der Waals surface area contributed by atoms with Gasteiger partial charge in [0, 0.05) is 11.0 Å². The third kappa shape index (κ3) is 4.87. The molecule has 2 rings (SSSR count). The summed E-state index contributed by atoms with van der Waals surface area (Å²) in [6.07, 6.45) is 0. The van der Waals surface area contributed by atoms with Crippen LogP contribution in [-0.2, 0) is 0 Å². The Hall–Kier alpha value is -2.12. The van der Waals surface area contributed by atoms with E-state index in [-0.39, 0.29) is 5.63 Å². The molecule has 2 aromatic rings. The van der Waals surface area contributed by atoms with Gasteiger partial charge in [-0.2, -0.15) is 0 Å². The molecule has 0 aliphatic carbocycles. The van der Waals surface area contributed by atoms with E-state index in [9.17, 15) is 4.79 Å². The van der Waals surface area contributed by atoms with E-state index in [1.807, 2.05) is 36.4 Å². The Bertz CT molecular complexity index is 665. The van der Waals surface area contributed by atoms with Crippen molar-refractivity contribution >= 4 is 11.8 Å². The first-order valence-corrected chi connectivity index (χ1v) is 7.11. The van der Waals surface area contributed by atoms with Gasteiger partial charge in [0.1, 0.15) is 18.1 Å². The second kappa shape index (κ2) is 7.46. The van der Waals surface area contributed by atoms with Gasteiger partial charge >= 0.3 is 5.63 Å². The molecule has 0 saturated heterocycles. The van der Waals surface area contributed by atoms with E-state index in [4.69, 9.17) is 9.15 Å². The van der Waals surface area contributed by atoms with Crippen LogP contribution in [0.3, 0.4) is 0 Å². The Morgan fingerprint density at radius 2 is 2.00 bits per heavy atom. The Kier molecular flexibility index (Phi) is 5.33. The molecule has 102 valence electrons. The van der Waals surface area contributed by atoms with Crippen LogP contribution in [0.4, 0.5) is 0 Å². The van der Waals surface area contributed by atoms with Crippen molar-refractivity contribution in [2.45, 2.75) is 11.8 Å². The molecule has 0 atom stereocenters. The van der Waals surface area contributed by atoms with Crippen LogP contribution in [0.5, 0.6) is 5.75 Å². The van der Waals surface area contributed by atoms with Gasteiger partial charge < -0.3 is 9.15 Å². The molecule has 0 aliphatic rings. The highest BCUT2D eigenvalue weighted by Gasteiger charge is 1.97. The molecule has 0 radical (unpaired) electrons. The Morgan fingerprint density at radius 3 is 2.75 bits per heavy atom. The summed E-state index contributed by atoms with van der Waals surface area (Å²) in [7, 11) is 0. The zero-order chi connectivity index (χ0) is 14.2. The highest BCUT2D eigenvalue weighted by molar-refractivity contribution is 7.99. The molecule has 3 nitrogen and oxygen atoms in total. The van der Waals surface area contributed by atoms with E-state index in [2.05, 4.69) is 11.8 Å². The predicted octanol–water partition coefficient (Wildman–Crippen LogP) is 3.12. The number of hydrogen-bond donors (Lipinski definition) is 0.